The van der Waals surface area contributed by atoms with Gasteiger partial charge in [-0.15, -0.1) is 4.40 Å². The summed E-state index contributed by atoms with van der Waals surface area (Å²) >= 11 is 0. The molecule has 2 aromatic rings. The van der Waals surface area contributed by atoms with Crippen molar-refractivity contribution >= 4 is 33.4 Å². The number of nitrogens with one attached hydrogen (secondary N) is 2. The van der Waals surface area contributed by atoms with E-state index >= 15 is 0 Å². The number of rotatable bonds is 5. The number of sulfonamides is 1. The first kappa shape index (κ1) is 19.6. The molecule has 0 saturated heterocycles. The maximum absolute atomic E-state index is 12.5. The number of amidine groups is 1. The van der Waals surface area contributed by atoms with E-state index in [1.165, 1.54) is 18.4 Å². The molecule has 0 aliphatic carbocycles. The molecule has 0 bridgehead atoms. The zero-order valence-corrected chi connectivity index (χ0v) is 16.6. The first-order valence-corrected chi connectivity index (χ1v) is 10.7. The minimum absolute atomic E-state index is 0.0910. The Morgan fingerprint density at radius 3 is 2.80 bits per heavy atom. The van der Waals surface area contributed by atoms with Crippen molar-refractivity contribution < 1.29 is 22.4 Å². The molecular formula is C20H18N4O5S. The maximum atomic E-state index is 12.5. The molecule has 154 valence electrons. The molecule has 1 aromatic heterocycles. The first-order chi connectivity index (χ1) is 14.4. The van der Waals surface area contributed by atoms with Crippen LogP contribution >= 0.6 is 0 Å². The summed E-state index contributed by atoms with van der Waals surface area (Å²) in [6, 6.07) is 10.3. The molecule has 1 aromatic carbocycles. The third-order valence-corrected chi connectivity index (χ3v) is 5.63. The van der Waals surface area contributed by atoms with E-state index in [2.05, 4.69) is 15.0 Å². The van der Waals surface area contributed by atoms with E-state index in [0.717, 1.165) is 5.56 Å². The summed E-state index contributed by atoms with van der Waals surface area (Å²) in [4.78, 5) is 26.2. The van der Waals surface area contributed by atoms with Gasteiger partial charge in [-0.1, -0.05) is 12.1 Å². The molecule has 10 heteroatoms. The lowest BCUT2D eigenvalue weighted by atomic mass is 10.1. The minimum atomic E-state index is -3.43. The largest absolute Gasteiger partial charge is 0.459 e. The Kier molecular flexibility index (Phi) is 5.23. The Morgan fingerprint density at radius 1 is 1.13 bits per heavy atom. The standard InChI is InChI=1S/C20H18N4O5S/c25-19(15-6-7-18-23-30(27,28)10-8-24(18)13-15)21-12-14-3-1-4-16(11-14)22-20(26)17-5-2-9-29-17/h1-7,9,11,13H,8,10,12H2,(H,21,25)(H,22,26). The summed E-state index contributed by atoms with van der Waals surface area (Å²) in [7, 11) is -3.43. The van der Waals surface area contributed by atoms with E-state index in [9.17, 15) is 18.0 Å². The van der Waals surface area contributed by atoms with Crippen LogP contribution in [0.2, 0.25) is 0 Å². The summed E-state index contributed by atoms with van der Waals surface area (Å²) in [5.74, 6) is -0.244. The number of carbonyl (C=O) groups excluding carboxylic acids is 2. The van der Waals surface area contributed by atoms with Crippen LogP contribution in [0.1, 0.15) is 16.1 Å². The molecule has 2 N–H and O–H groups in total. The summed E-state index contributed by atoms with van der Waals surface area (Å²) < 4.78 is 31.9. The van der Waals surface area contributed by atoms with E-state index < -0.39 is 10.0 Å². The molecule has 2 amide bonds. The number of hydrogen-bond acceptors (Lipinski definition) is 6. The number of carbonyl (C=O) groups is 2. The van der Waals surface area contributed by atoms with Gasteiger partial charge in [0.05, 0.1) is 17.6 Å². The van der Waals surface area contributed by atoms with E-state index in [0.29, 0.717) is 17.1 Å². The lowest BCUT2D eigenvalue weighted by Gasteiger charge is -2.26. The van der Waals surface area contributed by atoms with Gasteiger partial charge in [-0.05, 0) is 42.0 Å². The number of benzene rings is 1. The van der Waals surface area contributed by atoms with Crippen LogP contribution in [0.25, 0.3) is 0 Å². The molecule has 0 atom stereocenters. The highest BCUT2D eigenvalue weighted by molar-refractivity contribution is 7.90. The van der Waals surface area contributed by atoms with E-state index in [4.69, 9.17) is 4.42 Å². The van der Waals surface area contributed by atoms with Gasteiger partial charge in [0.15, 0.2) is 5.76 Å². The smallest absolute Gasteiger partial charge is 0.291 e. The molecule has 2 aliphatic rings. The Bertz CT molecular complexity index is 1180. The zero-order valence-electron chi connectivity index (χ0n) is 15.7. The Balaban J connectivity index is 1.37. The molecule has 3 heterocycles. The fourth-order valence-corrected chi connectivity index (χ4v) is 3.95. The first-order valence-electron chi connectivity index (χ1n) is 9.11. The fourth-order valence-electron chi connectivity index (χ4n) is 2.98. The monoisotopic (exact) mass is 426 g/mol. The Morgan fingerprint density at radius 2 is 2.00 bits per heavy atom. The Labute approximate surface area is 172 Å². The van der Waals surface area contributed by atoms with Crippen LogP contribution in [0.3, 0.4) is 0 Å². The number of anilines is 1. The van der Waals surface area contributed by atoms with E-state index in [-0.39, 0.29) is 36.4 Å². The lowest BCUT2D eigenvalue weighted by molar-refractivity contribution is -0.117. The van der Waals surface area contributed by atoms with Gasteiger partial charge < -0.3 is 20.0 Å². The second-order valence-electron chi connectivity index (χ2n) is 6.66. The van der Waals surface area contributed by atoms with Crippen molar-refractivity contribution in [1.82, 2.24) is 10.2 Å². The summed E-state index contributed by atoms with van der Waals surface area (Å²) in [5.41, 5.74) is 1.78. The van der Waals surface area contributed by atoms with Crippen LogP contribution in [0.15, 0.2) is 75.4 Å². The zero-order chi connectivity index (χ0) is 21.1. The summed E-state index contributed by atoms with van der Waals surface area (Å²) in [5, 5.41) is 5.55. The van der Waals surface area contributed by atoms with Crippen LogP contribution in [0.5, 0.6) is 0 Å². The normalized spacial score (nSPS) is 16.9. The number of nitrogens with zero attached hydrogens (tertiary/aromatic N) is 2. The average molecular weight is 426 g/mol. The highest BCUT2D eigenvalue weighted by Gasteiger charge is 2.24. The molecule has 9 nitrogen and oxygen atoms in total. The van der Waals surface area contributed by atoms with Crippen LogP contribution in [-0.2, 0) is 21.4 Å². The maximum Gasteiger partial charge on any atom is 0.291 e. The van der Waals surface area contributed by atoms with E-state index in [1.54, 1.807) is 41.4 Å². The third-order valence-electron chi connectivity index (χ3n) is 4.47. The molecule has 0 spiro atoms. The summed E-state index contributed by atoms with van der Waals surface area (Å²) in [6.45, 7) is 0.503. The number of furan rings is 1. The highest BCUT2D eigenvalue weighted by Crippen LogP contribution is 2.17. The van der Waals surface area contributed by atoms with Crippen LogP contribution in [0, 0.1) is 0 Å². The molecule has 0 unspecified atom stereocenters. The topological polar surface area (TPSA) is 121 Å². The summed E-state index contributed by atoms with van der Waals surface area (Å²) in [6.07, 6.45) is 6.05. The number of amides is 2. The molecule has 2 aliphatic heterocycles. The van der Waals surface area contributed by atoms with Gasteiger partial charge in [0.1, 0.15) is 5.84 Å². The fraction of sp³-hybridized carbons (Fsp3) is 0.150. The molecule has 0 saturated carbocycles. The molecule has 0 fully saturated rings. The molecule has 30 heavy (non-hydrogen) atoms. The van der Waals surface area contributed by atoms with Gasteiger partial charge >= 0.3 is 0 Å². The predicted molar refractivity (Wildman–Crippen MR) is 110 cm³/mol. The van der Waals surface area contributed by atoms with E-state index in [1.807, 2.05) is 6.07 Å². The van der Waals surface area contributed by atoms with Crippen molar-refractivity contribution in [2.24, 2.45) is 4.40 Å². The Hall–Kier alpha value is -3.66. The van der Waals surface area contributed by atoms with Crippen molar-refractivity contribution in [1.29, 1.82) is 0 Å². The number of hydrogen-bond donors (Lipinski definition) is 2. The van der Waals surface area contributed by atoms with Crippen molar-refractivity contribution in [2.75, 3.05) is 17.6 Å². The average Bonchev–Trinajstić information content (AvgIpc) is 3.26. The van der Waals surface area contributed by atoms with Gasteiger partial charge in [-0.3, -0.25) is 9.59 Å². The minimum Gasteiger partial charge on any atom is -0.459 e. The second kappa shape index (κ2) is 7.99. The van der Waals surface area contributed by atoms with Crippen molar-refractivity contribution in [2.45, 2.75) is 6.54 Å². The lowest BCUT2D eigenvalue weighted by Crippen LogP contribution is -2.38. The van der Waals surface area contributed by atoms with Crippen LogP contribution in [-0.4, -0.2) is 43.3 Å². The second-order valence-corrected chi connectivity index (χ2v) is 8.42. The molecule has 4 rings (SSSR count). The third kappa shape index (κ3) is 4.49. The van der Waals surface area contributed by atoms with Crippen LogP contribution in [0.4, 0.5) is 5.69 Å². The van der Waals surface area contributed by atoms with Crippen molar-refractivity contribution in [3.63, 3.8) is 0 Å². The highest BCUT2D eigenvalue weighted by atomic mass is 32.2. The van der Waals surface area contributed by atoms with Gasteiger partial charge in [0.2, 0.25) is 0 Å². The van der Waals surface area contributed by atoms with Crippen molar-refractivity contribution in [3.05, 3.63) is 77.9 Å². The van der Waals surface area contributed by atoms with Crippen molar-refractivity contribution in [3.8, 4) is 0 Å². The quantitative estimate of drug-likeness (QED) is 0.750. The SMILES string of the molecule is O=C(NCc1cccc(NC(=O)c2ccco2)c1)C1=CN2CCS(=O)(=O)N=C2C=C1. The molecular weight excluding hydrogens is 408 g/mol. The van der Waals surface area contributed by atoms with Gasteiger partial charge in [-0.2, -0.15) is 0 Å². The van der Waals surface area contributed by atoms with Gasteiger partial charge in [-0.25, -0.2) is 8.42 Å². The molecule has 0 radical (unpaired) electrons. The predicted octanol–water partition coefficient (Wildman–Crippen LogP) is 1.65. The van der Waals surface area contributed by atoms with Crippen LogP contribution < -0.4 is 10.6 Å². The van der Waals surface area contributed by atoms with Gasteiger partial charge in [0, 0.05) is 25.0 Å². The van der Waals surface area contributed by atoms with Gasteiger partial charge in [0.25, 0.3) is 21.8 Å². The number of fused-ring (bicyclic) bond motifs is 1.